The van der Waals surface area contributed by atoms with E-state index in [0.717, 1.165) is 12.0 Å². The largest absolute Gasteiger partial charge is 0.484 e. The summed E-state index contributed by atoms with van der Waals surface area (Å²) in [5, 5.41) is 4.65. The highest BCUT2D eigenvalue weighted by Gasteiger charge is 2.36. The quantitative estimate of drug-likeness (QED) is 0.500. The van der Waals surface area contributed by atoms with Crippen molar-refractivity contribution in [3.05, 3.63) is 47.3 Å². The van der Waals surface area contributed by atoms with Gasteiger partial charge < -0.3 is 14.9 Å². The van der Waals surface area contributed by atoms with Crippen molar-refractivity contribution >= 4 is 14.2 Å². The number of carbonyl (C=O) groups is 1. The third-order valence-corrected chi connectivity index (χ3v) is 9.85. The second-order valence-corrected chi connectivity index (χ2v) is 13.4. The highest BCUT2D eigenvalue weighted by atomic mass is 28.4. The van der Waals surface area contributed by atoms with E-state index in [-0.39, 0.29) is 5.04 Å². The van der Waals surface area contributed by atoms with Crippen LogP contribution in [0.1, 0.15) is 48.9 Å². The molecule has 0 bridgehead atoms. The van der Waals surface area contributed by atoms with E-state index in [2.05, 4.69) is 39.0 Å². The fourth-order valence-electron chi connectivity index (χ4n) is 2.63. The molecule has 0 atom stereocenters. The number of hydrogen-bond donors (Lipinski definition) is 1. The van der Waals surface area contributed by atoms with E-state index in [1.807, 2.05) is 37.3 Å². The Labute approximate surface area is 169 Å². The lowest BCUT2D eigenvalue weighted by Crippen LogP contribution is -2.41. The summed E-state index contributed by atoms with van der Waals surface area (Å²) in [5.74, 6) is -0.0735. The van der Waals surface area contributed by atoms with E-state index in [0.29, 0.717) is 36.9 Å². The molecule has 1 amide bonds. The van der Waals surface area contributed by atoms with Crippen LogP contribution in [0, 0.1) is 6.92 Å². The smallest absolute Gasteiger partial charge is 0.270 e. The zero-order valence-corrected chi connectivity index (χ0v) is 18.9. The average Bonchev–Trinajstić information content (AvgIpc) is 2.92. The standard InChI is InChI=1S/C21H33N3O3Si/c1-16-19(26-15-17-11-8-7-9-12-17)18(20(22)25)24(23-16)13-10-14-27-28(5,6)21(2,3)4/h7-9,11-12H,10,13-15H2,1-6H3,(H2,22,25). The van der Waals surface area contributed by atoms with Gasteiger partial charge >= 0.3 is 0 Å². The van der Waals surface area contributed by atoms with Crippen LogP contribution >= 0.6 is 0 Å². The first-order chi connectivity index (χ1) is 13.0. The van der Waals surface area contributed by atoms with Crippen LogP contribution in [0.4, 0.5) is 0 Å². The summed E-state index contributed by atoms with van der Waals surface area (Å²) in [6.07, 6.45) is 0.756. The Balaban J connectivity index is 2.04. The molecule has 0 unspecified atom stereocenters. The third-order valence-electron chi connectivity index (χ3n) is 5.32. The zero-order valence-electron chi connectivity index (χ0n) is 17.9. The lowest BCUT2D eigenvalue weighted by atomic mass is 10.2. The predicted octanol–water partition coefficient (Wildman–Crippen LogP) is 4.28. The Morgan fingerprint density at radius 2 is 1.86 bits per heavy atom. The molecule has 6 nitrogen and oxygen atoms in total. The lowest BCUT2D eigenvalue weighted by molar-refractivity contribution is 0.0984. The van der Waals surface area contributed by atoms with E-state index in [9.17, 15) is 4.79 Å². The van der Waals surface area contributed by atoms with Crippen molar-refractivity contribution in [2.24, 2.45) is 5.73 Å². The molecule has 2 N–H and O–H groups in total. The molecule has 2 aromatic rings. The first kappa shape index (κ1) is 22.2. The van der Waals surface area contributed by atoms with Crippen molar-refractivity contribution in [1.29, 1.82) is 0 Å². The molecule has 0 radical (unpaired) electrons. The number of nitrogens with two attached hydrogens (primary N) is 1. The maximum atomic E-state index is 12.0. The van der Waals surface area contributed by atoms with E-state index < -0.39 is 14.2 Å². The number of aromatic nitrogens is 2. The molecule has 7 heteroatoms. The Morgan fingerprint density at radius 1 is 1.21 bits per heavy atom. The Hall–Kier alpha value is -2.12. The molecule has 28 heavy (non-hydrogen) atoms. The fourth-order valence-corrected chi connectivity index (χ4v) is 3.71. The topological polar surface area (TPSA) is 79.4 Å². The highest BCUT2D eigenvalue weighted by Crippen LogP contribution is 2.36. The van der Waals surface area contributed by atoms with Crippen LogP contribution in [0.15, 0.2) is 30.3 Å². The van der Waals surface area contributed by atoms with Crippen LogP contribution in [0.25, 0.3) is 0 Å². The summed E-state index contributed by atoms with van der Waals surface area (Å²) >= 11 is 0. The number of primary amides is 1. The Kier molecular flexibility index (Phi) is 7.06. The maximum absolute atomic E-state index is 12.0. The van der Waals surface area contributed by atoms with E-state index >= 15 is 0 Å². The molecule has 0 fully saturated rings. The number of ether oxygens (including phenoxy) is 1. The van der Waals surface area contributed by atoms with Gasteiger partial charge in [-0.25, -0.2) is 0 Å². The van der Waals surface area contributed by atoms with E-state index in [4.69, 9.17) is 14.9 Å². The molecule has 0 aliphatic heterocycles. The van der Waals surface area contributed by atoms with E-state index in [1.54, 1.807) is 4.68 Å². The lowest BCUT2D eigenvalue weighted by Gasteiger charge is -2.36. The minimum absolute atomic E-state index is 0.173. The van der Waals surface area contributed by atoms with Crippen molar-refractivity contribution < 1.29 is 14.0 Å². The van der Waals surface area contributed by atoms with Gasteiger partial charge in [0, 0.05) is 13.2 Å². The minimum atomic E-state index is -1.78. The number of nitrogens with zero attached hydrogens (tertiary/aromatic N) is 2. The summed E-state index contributed by atoms with van der Waals surface area (Å²) in [4.78, 5) is 12.0. The predicted molar refractivity (Wildman–Crippen MR) is 114 cm³/mol. The van der Waals surface area contributed by atoms with Crippen molar-refractivity contribution in [3.8, 4) is 5.75 Å². The second kappa shape index (κ2) is 8.92. The summed E-state index contributed by atoms with van der Waals surface area (Å²) in [6, 6.07) is 9.80. The summed E-state index contributed by atoms with van der Waals surface area (Å²) < 4.78 is 13.7. The summed E-state index contributed by atoms with van der Waals surface area (Å²) in [6.45, 7) is 14.5. The molecule has 1 aromatic heterocycles. The molecule has 0 saturated heterocycles. The molecule has 0 saturated carbocycles. The highest BCUT2D eigenvalue weighted by molar-refractivity contribution is 6.74. The Bertz CT molecular complexity index is 795. The number of amides is 1. The first-order valence-corrected chi connectivity index (χ1v) is 12.6. The molecule has 154 valence electrons. The molecular weight excluding hydrogens is 370 g/mol. The number of benzene rings is 1. The summed E-state index contributed by atoms with van der Waals surface area (Å²) in [5.41, 5.74) is 7.63. The van der Waals surface area contributed by atoms with Crippen molar-refractivity contribution in [2.75, 3.05) is 6.61 Å². The van der Waals surface area contributed by atoms with Crippen molar-refractivity contribution in [2.45, 2.75) is 65.4 Å². The number of aryl methyl sites for hydroxylation is 2. The molecular formula is C21H33N3O3Si. The van der Waals surface area contributed by atoms with Crippen LogP contribution in [-0.2, 0) is 17.6 Å². The van der Waals surface area contributed by atoms with Gasteiger partial charge in [-0.1, -0.05) is 51.1 Å². The second-order valence-electron chi connectivity index (χ2n) is 8.59. The van der Waals surface area contributed by atoms with Crippen LogP contribution in [0.2, 0.25) is 18.1 Å². The monoisotopic (exact) mass is 403 g/mol. The maximum Gasteiger partial charge on any atom is 0.270 e. The SMILES string of the molecule is Cc1nn(CCCO[Si](C)(C)C(C)(C)C)c(C(N)=O)c1OCc1ccccc1. The molecule has 1 heterocycles. The van der Waals surface area contributed by atoms with Gasteiger partial charge in [0.25, 0.3) is 5.91 Å². The average molecular weight is 404 g/mol. The first-order valence-electron chi connectivity index (χ1n) is 9.71. The van der Waals surface area contributed by atoms with Crippen LogP contribution in [0.5, 0.6) is 5.75 Å². The molecule has 2 rings (SSSR count). The molecule has 1 aromatic carbocycles. The zero-order chi connectivity index (χ0) is 20.9. The van der Waals surface area contributed by atoms with Gasteiger partial charge in [-0.05, 0) is 37.0 Å². The van der Waals surface area contributed by atoms with Crippen LogP contribution < -0.4 is 10.5 Å². The molecule has 0 aliphatic rings. The normalized spacial score (nSPS) is 12.2. The minimum Gasteiger partial charge on any atom is -0.484 e. The van der Waals surface area contributed by atoms with Gasteiger partial charge in [-0.3, -0.25) is 9.48 Å². The third kappa shape index (κ3) is 5.45. The summed E-state index contributed by atoms with van der Waals surface area (Å²) in [7, 11) is -1.78. The van der Waals surface area contributed by atoms with Gasteiger partial charge in [-0.15, -0.1) is 0 Å². The van der Waals surface area contributed by atoms with Crippen molar-refractivity contribution in [3.63, 3.8) is 0 Å². The molecule has 0 aliphatic carbocycles. The van der Waals surface area contributed by atoms with Gasteiger partial charge in [0.1, 0.15) is 12.3 Å². The molecule has 0 spiro atoms. The van der Waals surface area contributed by atoms with Crippen LogP contribution in [0.3, 0.4) is 0 Å². The fraction of sp³-hybridized carbons (Fsp3) is 0.524. The van der Waals surface area contributed by atoms with Gasteiger partial charge in [-0.2, -0.15) is 5.10 Å². The van der Waals surface area contributed by atoms with Crippen molar-refractivity contribution in [1.82, 2.24) is 9.78 Å². The van der Waals surface area contributed by atoms with Crippen LogP contribution in [-0.4, -0.2) is 30.6 Å². The number of rotatable bonds is 9. The van der Waals surface area contributed by atoms with Gasteiger partial charge in [0.2, 0.25) is 0 Å². The van der Waals surface area contributed by atoms with Gasteiger partial charge in [0.05, 0.1) is 0 Å². The Morgan fingerprint density at radius 3 is 2.43 bits per heavy atom. The number of carbonyl (C=O) groups excluding carboxylic acids is 1. The van der Waals surface area contributed by atoms with E-state index in [1.165, 1.54) is 0 Å². The number of hydrogen-bond acceptors (Lipinski definition) is 4. The van der Waals surface area contributed by atoms with Gasteiger partial charge in [0.15, 0.2) is 19.8 Å².